The van der Waals surface area contributed by atoms with Gasteiger partial charge < -0.3 is 18.7 Å². The molecule has 0 aromatic rings. The van der Waals surface area contributed by atoms with Gasteiger partial charge in [0.15, 0.2) is 0 Å². The van der Waals surface area contributed by atoms with E-state index < -0.39 is 11.8 Å². The number of likely N-dealkylation sites (N-methyl/N-ethyl adjacent to an activating group) is 1. The number of carbonyl (C=O) groups is 2. The largest absolute Gasteiger partial charge is 0.466 e. The molecule has 6 nitrogen and oxygen atoms in total. The smallest absolute Gasteiger partial charge is 0.313 e. The third-order valence-electron chi connectivity index (χ3n) is 3.74. The van der Waals surface area contributed by atoms with Gasteiger partial charge in [-0.1, -0.05) is 12.2 Å². The van der Waals surface area contributed by atoms with E-state index in [1.165, 1.54) is 0 Å². The van der Waals surface area contributed by atoms with Gasteiger partial charge in [-0.25, -0.2) is 0 Å². The van der Waals surface area contributed by atoms with Gasteiger partial charge in [-0.15, -0.1) is 0 Å². The van der Waals surface area contributed by atoms with Gasteiger partial charge in [0.25, 0.3) is 0 Å². The Kier molecular flexibility index (Phi) is 4.68. The molecular formula is C15H24NO5+. The molecule has 2 rings (SSSR count). The summed E-state index contributed by atoms with van der Waals surface area (Å²) in [6, 6.07) is 0. The third-order valence-corrected chi connectivity index (χ3v) is 3.74. The molecule has 2 heterocycles. The van der Waals surface area contributed by atoms with Gasteiger partial charge in [-0.05, 0) is 6.92 Å². The fraction of sp³-hybridized carbons (Fsp3) is 0.733. The van der Waals surface area contributed by atoms with Crippen LogP contribution in [0.3, 0.4) is 0 Å². The average Bonchev–Trinajstić information content (AvgIpc) is 2.97. The number of nitrogens with zero attached hydrogens (tertiary/aromatic N) is 1. The summed E-state index contributed by atoms with van der Waals surface area (Å²) in [5, 5.41) is 0. The molecule has 0 N–H and O–H groups in total. The summed E-state index contributed by atoms with van der Waals surface area (Å²) in [5.41, 5.74) is 0. The van der Waals surface area contributed by atoms with Crippen LogP contribution in [0.25, 0.3) is 0 Å². The predicted molar refractivity (Wildman–Crippen MR) is 75.3 cm³/mol. The number of hydrogen-bond acceptors (Lipinski definition) is 5. The average molecular weight is 298 g/mol. The van der Waals surface area contributed by atoms with Gasteiger partial charge in [0.2, 0.25) is 0 Å². The van der Waals surface area contributed by atoms with Crippen LogP contribution in [0.5, 0.6) is 0 Å². The van der Waals surface area contributed by atoms with Crippen LogP contribution >= 0.6 is 0 Å². The van der Waals surface area contributed by atoms with Crippen molar-refractivity contribution in [3.05, 3.63) is 12.2 Å². The van der Waals surface area contributed by atoms with Gasteiger partial charge in [0, 0.05) is 0 Å². The number of carbonyl (C=O) groups excluding carboxylic acids is 2. The van der Waals surface area contributed by atoms with E-state index in [9.17, 15) is 9.59 Å². The van der Waals surface area contributed by atoms with Crippen molar-refractivity contribution >= 4 is 11.9 Å². The van der Waals surface area contributed by atoms with Crippen molar-refractivity contribution in [2.45, 2.75) is 19.1 Å². The van der Waals surface area contributed by atoms with E-state index in [0.29, 0.717) is 24.2 Å². The molecule has 0 aromatic carbocycles. The van der Waals surface area contributed by atoms with Crippen molar-refractivity contribution in [2.24, 2.45) is 11.8 Å². The lowest BCUT2D eigenvalue weighted by Crippen LogP contribution is -2.41. The van der Waals surface area contributed by atoms with Crippen LogP contribution in [0.15, 0.2) is 12.2 Å². The second kappa shape index (κ2) is 6.15. The summed E-state index contributed by atoms with van der Waals surface area (Å²) in [7, 11) is 6.08. The van der Waals surface area contributed by atoms with Crippen LogP contribution in [-0.4, -0.2) is 69.5 Å². The van der Waals surface area contributed by atoms with Crippen molar-refractivity contribution < 1.29 is 28.3 Å². The van der Waals surface area contributed by atoms with Crippen molar-refractivity contribution in [3.8, 4) is 0 Å². The van der Waals surface area contributed by atoms with Crippen molar-refractivity contribution in [1.29, 1.82) is 0 Å². The number of quaternary nitrogens is 1. The van der Waals surface area contributed by atoms with Gasteiger partial charge in [0.05, 0.1) is 40.0 Å². The normalized spacial score (nSPS) is 30.5. The molecule has 4 unspecified atom stereocenters. The van der Waals surface area contributed by atoms with Gasteiger partial charge >= 0.3 is 11.9 Å². The molecule has 0 saturated carbocycles. The minimum Gasteiger partial charge on any atom is -0.466 e. The third kappa shape index (κ3) is 3.63. The van der Waals surface area contributed by atoms with Crippen LogP contribution in [0, 0.1) is 11.8 Å². The Morgan fingerprint density at radius 1 is 1.05 bits per heavy atom. The summed E-state index contributed by atoms with van der Waals surface area (Å²) in [5.74, 6) is -1.94. The van der Waals surface area contributed by atoms with Gasteiger partial charge in [-0.2, -0.15) is 0 Å². The molecule has 4 atom stereocenters. The Labute approximate surface area is 125 Å². The molecule has 21 heavy (non-hydrogen) atoms. The number of rotatable bonds is 6. The molecule has 6 heteroatoms. The Morgan fingerprint density at radius 2 is 1.57 bits per heavy atom. The lowest BCUT2D eigenvalue weighted by molar-refractivity contribution is -0.870. The standard InChI is InChI=1S/C15H24NO5/c1-5-19-14(17)12-10-6-7-11(21-10)13(12)15(18)20-9-8-16(2,3)4/h6-7,10-13H,5,8-9H2,1-4H3/q+1. The quantitative estimate of drug-likeness (QED) is 0.403. The first-order chi connectivity index (χ1) is 9.83. The van der Waals surface area contributed by atoms with Gasteiger partial charge in [-0.3, -0.25) is 9.59 Å². The van der Waals surface area contributed by atoms with E-state index in [2.05, 4.69) is 0 Å². The van der Waals surface area contributed by atoms with Crippen LogP contribution in [0.1, 0.15) is 6.92 Å². The maximum absolute atomic E-state index is 12.3. The fourth-order valence-corrected chi connectivity index (χ4v) is 2.62. The van der Waals surface area contributed by atoms with Crippen molar-refractivity contribution in [1.82, 2.24) is 0 Å². The molecule has 0 aromatic heterocycles. The SMILES string of the molecule is CCOC(=O)C1C2C=CC(O2)C1C(=O)OCC[N+](C)(C)C. The zero-order chi connectivity index (χ0) is 15.6. The minimum atomic E-state index is -0.591. The molecule has 2 aliphatic rings. The van der Waals surface area contributed by atoms with E-state index in [-0.39, 0.29) is 24.1 Å². The van der Waals surface area contributed by atoms with Crippen LogP contribution in [0.2, 0.25) is 0 Å². The molecule has 1 fully saturated rings. The van der Waals surface area contributed by atoms with E-state index >= 15 is 0 Å². The summed E-state index contributed by atoms with van der Waals surface area (Å²) in [6.45, 7) is 3.08. The maximum atomic E-state index is 12.3. The molecule has 0 amide bonds. The highest BCUT2D eigenvalue weighted by Crippen LogP contribution is 2.40. The topological polar surface area (TPSA) is 61.8 Å². The summed E-state index contributed by atoms with van der Waals surface area (Å²) in [4.78, 5) is 24.3. The molecule has 1 saturated heterocycles. The monoisotopic (exact) mass is 298 g/mol. The van der Waals surface area contributed by atoms with Crippen LogP contribution in [-0.2, 0) is 23.8 Å². The summed E-state index contributed by atoms with van der Waals surface area (Å²) in [6.07, 6.45) is 2.90. The molecule has 2 bridgehead atoms. The van der Waals surface area contributed by atoms with Crippen molar-refractivity contribution in [2.75, 3.05) is 40.9 Å². The highest BCUT2D eigenvalue weighted by Gasteiger charge is 2.54. The molecule has 0 radical (unpaired) electrons. The van der Waals surface area contributed by atoms with E-state index in [4.69, 9.17) is 14.2 Å². The Bertz CT molecular complexity index is 440. The number of esters is 2. The molecule has 2 aliphatic heterocycles. The number of ether oxygens (including phenoxy) is 3. The lowest BCUT2D eigenvalue weighted by Gasteiger charge is -2.25. The molecular weight excluding hydrogens is 274 g/mol. The molecule has 118 valence electrons. The second-order valence-corrected chi connectivity index (χ2v) is 6.44. The van der Waals surface area contributed by atoms with Gasteiger partial charge in [0.1, 0.15) is 25.0 Å². The van der Waals surface area contributed by atoms with E-state index in [1.807, 2.05) is 33.3 Å². The van der Waals surface area contributed by atoms with Crippen LogP contribution in [0.4, 0.5) is 0 Å². The van der Waals surface area contributed by atoms with Crippen molar-refractivity contribution in [3.63, 3.8) is 0 Å². The summed E-state index contributed by atoms with van der Waals surface area (Å²) < 4.78 is 16.7. The first-order valence-corrected chi connectivity index (χ1v) is 7.31. The number of hydrogen-bond donors (Lipinski definition) is 0. The van der Waals surface area contributed by atoms with Crippen LogP contribution < -0.4 is 0 Å². The zero-order valence-corrected chi connectivity index (χ0v) is 13.1. The Balaban J connectivity index is 1.98. The molecule has 0 spiro atoms. The lowest BCUT2D eigenvalue weighted by atomic mass is 9.83. The fourth-order valence-electron chi connectivity index (χ4n) is 2.62. The molecule has 0 aliphatic carbocycles. The maximum Gasteiger partial charge on any atom is 0.313 e. The van der Waals surface area contributed by atoms with E-state index in [0.717, 1.165) is 0 Å². The number of fused-ring (bicyclic) bond motifs is 2. The second-order valence-electron chi connectivity index (χ2n) is 6.44. The predicted octanol–water partition coefficient (Wildman–Crippen LogP) is 0.369. The first-order valence-electron chi connectivity index (χ1n) is 7.31. The summed E-state index contributed by atoms with van der Waals surface area (Å²) >= 11 is 0. The first kappa shape index (κ1) is 16.0. The Hall–Kier alpha value is -1.40. The highest BCUT2D eigenvalue weighted by atomic mass is 16.6. The van der Waals surface area contributed by atoms with E-state index in [1.54, 1.807) is 6.92 Å². The minimum absolute atomic E-state index is 0.291. The Morgan fingerprint density at radius 3 is 2.05 bits per heavy atom. The highest BCUT2D eigenvalue weighted by molar-refractivity contribution is 5.85. The zero-order valence-electron chi connectivity index (χ0n) is 13.1.